The van der Waals surface area contributed by atoms with Crippen molar-refractivity contribution in [2.45, 2.75) is 39.3 Å². The molecule has 1 aliphatic heterocycles. The summed E-state index contributed by atoms with van der Waals surface area (Å²) in [7, 11) is 0. The largest absolute Gasteiger partial charge is 0.326 e. The van der Waals surface area contributed by atoms with Crippen LogP contribution in [-0.2, 0) is 6.54 Å². The first-order valence-electron chi connectivity index (χ1n) is 7.66. The van der Waals surface area contributed by atoms with Crippen LogP contribution in [0.5, 0.6) is 0 Å². The second-order valence-electron chi connectivity index (χ2n) is 6.28. The molecule has 2 heterocycles. The summed E-state index contributed by atoms with van der Waals surface area (Å²) in [5.74, 6) is 0.565. The maximum Gasteiger partial charge on any atom is 0.326 e. The maximum atomic E-state index is 12.2. The third kappa shape index (κ3) is 3.01. The molecule has 1 fully saturated rings. The lowest BCUT2D eigenvalue weighted by Gasteiger charge is -2.34. The second kappa shape index (κ2) is 5.85. The molecular weight excluding hydrogens is 286 g/mol. The van der Waals surface area contributed by atoms with E-state index in [0.717, 1.165) is 43.5 Å². The highest BCUT2D eigenvalue weighted by molar-refractivity contribution is 6.31. The molecule has 3 rings (SSSR count). The lowest BCUT2D eigenvalue weighted by atomic mass is 9.96. The Kier molecular flexibility index (Phi) is 4.09. The van der Waals surface area contributed by atoms with Crippen LogP contribution >= 0.6 is 11.6 Å². The lowest BCUT2D eigenvalue weighted by Crippen LogP contribution is -2.39. The Bertz CT molecular complexity index is 680. The first-order valence-corrected chi connectivity index (χ1v) is 8.04. The number of nitrogens with one attached hydrogen (secondary N) is 1. The summed E-state index contributed by atoms with van der Waals surface area (Å²) < 4.78 is 1.84. The first kappa shape index (κ1) is 14.7. The predicted octanol–water partition coefficient (Wildman–Crippen LogP) is 3.10. The number of aromatic amines is 1. The molecule has 0 bridgehead atoms. The quantitative estimate of drug-likeness (QED) is 0.946. The van der Waals surface area contributed by atoms with Crippen LogP contribution < -0.4 is 5.69 Å². The van der Waals surface area contributed by atoms with Crippen LogP contribution in [0.2, 0.25) is 5.02 Å². The highest BCUT2D eigenvalue weighted by Gasteiger charge is 2.22. The standard InChI is InChI=1S/C16H22ClN3O/c1-11(2)19-7-5-12(6-8-19)10-20-15-9-13(17)3-4-14(15)18-16(20)21/h3-4,9,11-12H,5-8,10H2,1-2H3,(H,18,21). The molecule has 0 amide bonds. The Balaban J connectivity index is 1.78. The first-order chi connectivity index (χ1) is 10.0. The molecule has 0 saturated carbocycles. The SMILES string of the molecule is CC(C)N1CCC(Cn2c(=O)[nH]c3ccc(Cl)cc32)CC1. The van der Waals surface area contributed by atoms with Gasteiger partial charge in [-0.15, -0.1) is 0 Å². The van der Waals surface area contributed by atoms with Crippen molar-refractivity contribution >= 4 is 22.6 Å². The molecule has 1 saturated heterocycles. The number of hydrogen-bond donors (Lipinski definition) is 1. The van der Waals surface area contributed by atoms with E-state index in [1.807, 2.05) is 22.8 Å². The van der Waals surface area contributed by atoms with Crippen molar-refractivity contribution in [3.05, 3.63) is 33.7 Å². The van der Waals surface area contributed by atoms with E-state index in [9.17, 15) is 4.79 Å². The van der Waals surface area contributed by atoms with Gasteiger partial charge in [-0.2, -0.15) is 0 Å². The van der Waals surface area contributed by atoms with Crippen molar-refractivity contribution in [1.82, 2.24) is 14.5 Å². The molecule has 1 aromatic heterocycles. The minimum Gasteiger partial charge on any atom is -0.306 e. The van der Waals surface area contributed by atoms with Crippen molar-refractivity contribution in [3.63, 3.8) is 0 Å². The van der Waals surface area contributed by atoms with E-state index in [4.69, 9.17) is 11.6 Å². The molecule has 4 nitrogen and oxygen atoms in total. The summed E-state index contributed by atoms with van der Waals surface area (Å²) in [6.07, 6.45) is 2.30. The summed E-state index contributed by atoms with van der Waals surface area (Å²) in [5.41, 5.74) is 1.75. The molecule has 2 aromatic rings. The number of aromatic nitrogens is 2. The molecular formula is C16H22ClN3O. The topological polar surface area (TPSA) is 41.0 Å². The smallest absolute Gasteiger partial charge is 0.306 e. The summed E-state index contributed by atoms with van der Waals surface area (Å²) in [5, 5.41) is 0.671. The second-order valence-corrected chi connectivity index (χ2v) is 6.71. The van der Waals surface area contributed by atoms with Crippen molar-refractivity contribution < 1.29 is 0 Å². The van der Waals surface area contributed by atoms with E-state index >= 15 is 0 Å². The average Bonchev–Trinajstić information content (AvgIpc) is 2.76. The molecule has 0 atom stereocenters. The number of piperidine rings is 1. The molecule has 0 spiro atoms. The molecule has 114 valence electrons. The molecule has 1 N–H and O–H groups in total. The van der Waals surface area contributed by atoms with Crippen molar-refractivity contribution in [2.75, 3.05) is 13.1 Å². The minimum atomic E-state index is -0.0291. The zero-order valence-corrected chi connectivity index (χ0v) is 13.4. The fourth-order valence-corrected chi connectivity index (χ4v) is 3.38. The maximum absolute atomic E-state index is 12.2. The van der Waals surface area contributed by atoms with E-state index in [1.165, 1.54) is 0 Å². The van der Waals surface area contributed by atoms with E-state index < -0.39 is 0 Å². The molecule has 0 aliphatic carbocycles. The summed E-state index contributed by atoms with van der Waals surface area (Å²) in [6, 6.07) is 6.17. The Hall–Kier alpha value is -1.26. The van der Waals surface area contributed by atoms with Crippen LogP contribution in [0.25, 0.3) is 11.0 Å². The van der Waals surface area contributed by atoms with Crippen LogP contribution in [0.15, 0.2) is 23.0 Å². The summed E-state index contributed by atoms with van der Waals surface area (Å²) >= 11 is 6.06. The van der Waals surface area contributed by atoms with E-state index in [1.54, 1.807) is 0 Å². The van der Waals surface area contributed by atoms with Gasteiger partial charge in [-0.25, -0.2) is 4.79 Å². The lowest BCUT2D eigenvalue weighted by molar-refractivity contribution is 0.142. The molecule has 1 aliphatic rings. The zero-order chi connectivity index (χ0) is 15.0. The predicted molar refractivity (Wildman–Crippen MR) is 87.0 cm³/mol. The monoisotopic (exact) mass is 307 g/mol. The number of likely N-dealkylation sites (tertiary alicyclic amines) is 1. The highest BCUT2D eigenvalue weighted by atomic mass is 35.5. The van der Waals surface area contributed by atoms with Gasteiger partial charge in [-0.3, -0.25) is 4.57 Å². The van der Waals surface area contributed by atoms with Gasteiger partial charge < -0.3 is 9.88 Å². The highest BCUT2D eigenvalue weighted by Crippen LogP contribution is 2.23. The number of nitrogens with zero attached hydrogens (tertiary/aromatic N) is 2. The van der Waals surface area contributed by atoms with Gasteiger partial charge in [0.1, 0.15) is 0 Å². The molecule has 21 heavy (non-hydrogen) atoms. The number of imidazole rings is 1. The summed E-state index contributed by atoms with van der Waals surface area (Å²) in [4.78, 5) is 17.6. The fraction of sp³-hybridized carbons (Fsp3) is 0.562. The fourth-order valence-electron chi connectivity index (χ4n) is 3.22. The van der Waals surface area contributed by atoms with Crippen LogP contribution in [-0.4, -0.2) is 33.6 Å². The van der Waals surface area contributed by atoms with Crippen LogP contribution in [0.1, 0.15) is 26.7 Å². The van der Waals surface area contributed by atoms with Gasteiger partial charge in [0.05, 0.1) is 11.0 Å². The Labute approximate surface area is 129 Å². The van der Waals surface area contributed by atoms with Crippen molar-refractivity contribution in [1.29, 1.82) is 0 Å². The Morgan fingerprint density at radius 3 is 2.71 bits per heavy atom. The summed E-state index contributed by atoms with van der Waals surface area (Å²) in [6.45, 7) is 7.52. The van der Waals surface area contributed by atoms with E-state index in [-0.39, 0.29) is 5.69 Å². The third-order valence-corrected chi connectivity index (χ3v) is 4.79. The van der Waals surface area contributed by atoms with Gasteiger partial charge in [0, 0.05) is 17.6 Å². The normalized spacial score (nSPS) is 17.9. The number of benzene rings is 1. The Morgan fingerprint density at radius 2 is 2.05 bits per heavy atom. The number of H-pyrrole nitrogens is 1. The Morgan fingerprint density at radius 1 is 1.33 bits per heavy atom. The van der Waals surface area contributed by atoms with Gasteiger partial charge in [0.2, 0.25) is 0 Å². The molecule has 1 aromatic carbocycles. The van der Waals surface area contributed by atoms with Gasteiger partial charge in [-0.1, -0.05) is 11.6 Å². The third-order valence-electron chi connectivity index (χ3n) is 4.56. The minimum absolute atomic E-state index is 0.0291. The van der Waals surface area contributed by atoms with E-state index in [2.05, 4.69) is 23.7 Å². The number of hydrogen-bond acceptors (Lipinski definition) is 2. The van der Waals surface area contributed by atoms with Gasteiger partial charge in [0.15, 0.2) is 0 Å². The van der Waals surface area contributed by atoms with Crippen molar-refractivity contribution in [2.24, 2.45) is 5.92 Å². The van der Waals surface area contributed by atoms with Crippen molar-refractivity contribution in [3.8, 4) is 0 Å². The number of rotatable bonds is 3. The molecule has 0 unspecified atom stereocenters. The number of fused-ring (bicyclic) bond motifs is 1. The zero-order valence-electron chi connectivity index (χ0n) is 12.6. The molecule has 5 heteroatoms. The van der Waals surface area contributed by atoms with Gasteiger partial charge >= 0.3 is 5.69 Å². The van der Waals surface area contributed by atoms with E-state index in [0.29, 0.717) is 17.0 Å². The van der Waals surface area contributed by atoms with Crippen LogP contribution in [0.3, 0.4) is 0 Å². The number of halogens is 1. The van der Waals surface area contributed by atoms with Crippen LogP contribution in [0.4, 0.5) is 0 Å². The average molecular weight is 308 g/mol. The molecule has 0 radical (unpaired) electrons. The van der Waals surface area contributed by atoms with Gasteiger partial charge in [0.25, 0.3) is 0 Å². The van der Waals surface area contributed by atoms with Crippen LogP contribution in [0, 0.1) is 5.92 Å². The van der Waals surface area contributed by atoms with Gasteiger partial charge in [-0.05, 0) is 63.9 Å².